The second-order valence-corrected chi connectivity index (χ2v) is 5.01. The summed E-state index contributed by atoms with van der Waals surface area (Å²) in [5, 5.41) is 9.34. The number of nitrogens with one attached hydrogen (secondary N) is 2. The fourth-order valence-corrected chi connectivity index (χ4v) is 2.32. The number of nitrogen functional groups attached to an aromatic ring is 1. The molecule has 0 aliphatic rings. The van der Waals surface area contributed by atoms with Gasteiger partial charge < -0.3 is 15.8 Å². The fourth-order valence-electron chi connectivity index (χ4n) is 2.32. The molecule has 2 aromatic heterocycles. The number of rotatable bonds is 4. The number of carboxylic acids is 1. The van der Waals surface area contributed by atoms with Gasteiger partial charge in [-0.1, -0.05) is 12.1 Å². The van der Waals surface area contributed by atoms with Crippen LogP contribution in [0.2, 0.25) is 0 Å². The highest BCUT2D eigenvalue weighted by molar-refractivity contribution is 5.87. The van der Waals surface area contributed by atoms with Crippen molar-refractivity contribution in [3.8, 4) is 0 Å². The first-order chi connectivity index (χ1) is 10.5. The fraction of sp³-hybridized carbons (Fsp3) is 0.133. The van der Waals surface area contributed by atoms with Crippen molar-refractivity contribution in [2.75, 3.05) is 5.73 Å². The van der Waals surface area contributed by atoms with Gasteiger partial charge in [0.05, 0.1) is 10.9 Å². The first-order valence-electron chi connectivity index (χ1n) is 6.72. The third kappa shape index (κ3) is 2.69. The first-order valence-corrected chi connectivity index (χ1v) is 6.72. The van der Waals surface area contributed by atoms with Crippen molar-refractivity contribution in [3.05, 3.63) is 57.5 Å². The standard InChI is InChI=1S/C15H14N4O3/c16-15-18-12-11(13(20)19-15)7-10(17-12)6-3-8-1-4-9(5-2-8)14(21)22/h1-2,4-5,7H,3,6H2,(H,21,22)(H4,16,17,18,19,20). The molecule has 22 heavy (non-hydrogen) atoms. The molecule has 0 bridgehead atoms. The quantitative estimate of drug-likeness (QED) is 0.578. The molecule has 0 fully saturated rings. The molecule has 5 N–H and O–H groups in total. The van der Waals surface area contributed by atoms with Crippen LogP contribution in [0.1, 0.15) is 21.6 Å². The Morgan fingerprint density at radius 1 is 1.18 bits per heavy atom. The molecular weight excluding hydrogens is 284 g/mol. The number of H-pyrrole nitrogens is 2. The Hall–Kier alpha value is -3.09. The van der Waals surface area contributed by atoms with E-state index in [1.807, 2.05) is 0 Å². The van der Waals surface area contributed by atoms with Gasteiger partial charge in [-0.3, -0.25) is 9.78 Å². The van der Waals surface area contributed by atoms with Gasteiger partial charge in [-0.15, -0.1) is 0 Å². The van der Waals surface area contributed by atoms with E-state index in [0.29, 0.717) is 17.5 Å². The summed E-state index contributed by atoms with van der Waals surface area (Å²) in [4.78, 5) is 32.1. The molecule has 2 heterocycles. The molecule has 0 unspecified atom stereocenters. The van der Waals surface area contributed by atoms with Crippen molar-refractivity contribution >= 4 is 23.0 Å². The molecule has 0 radical (unpaired) electrons. The summed E-state index contributed by atoms with van der Waals surface area (Å²) in [6.45, 7) is 0. The Morgan fingerprint density at radius 3 is 2.59 bits per heavy atom. The monoisotopic (exact) mass is 298 g/mol. The highest BCUT2D eigenvalue weighted by Crippen LogP contribution is 2.13. The van der Waals surface area contributed by atoms with Crippen LogP contribution in [0.15, 0.2) is 35.1 Å². The van der Waals surface area contributed by atoms with Gasteiger partial charge in [0, 0.05) is 5.69 Å². The van der Waals surface area contributed by atoms with Gasteiger partial charge in [0.1, 0.15) is 5.65 Å². The summed E-state index contributed by atoms with van der Waals surface area (Å²) in [5.74, 6) is -0.861. The lowest BCUT2D eigenvalue weighted by Crippen LogP contribution is -2.09. The summed E-state index contributed by atoms with van der Waals surface area (Å²) >= 11 is 0. The number of aromatic nitrogens is 3. The van der Waals surface area contributed by atoms with E-state index in [4.69, 9.17) is 10.8 Å². The number of carboxylic acid groups (broad SMARTS) is 1. The third-order valence-corrected chi connectivity index (χ3v) is 3.46. The van der Waals surface area contributed by atoms with Gasteiger partial charge in [0.25, 0.3) is 5.56 Å². The van der Waals surface area contributed by atoms with E-state index in [2.05, 4.69) is 15.0 Å². The van der Waals surface area contributed by atoms with E-state index in [1.54, 1.807) is 30.3 Å². The second-order valence-electron chi connectivity index (χ2n) is 5.01. The average molecular weight is 298 g/mol. The number of hydrogen-bond acceptors (Lipinski definition) is 4. The first kappa shape index (κ1) is 13.9. The largest absolute Gasteiger partial charge is 0.478 e. The predicted molar refractivity (Wildman–Crippen MR) is 81.9 cm³/mol. The highest BCUT2D eigenvalue weighted by atomic mass is 16.4. The van der Waals surface area contributed by atoms with Crippen molar-refractivity contribution in [1.29, 1.82) is 0 Å². The van der Waals surface area contributed by atoms with Crippen molar-refractivity contribution < 1.29 is 9.90 Å². The number of aryl methyl sites for hydroxylation is 2. The van der Waals surface area contributed by atoms with Crippen LogP contribution in [-0.4, -0.2) is 26.0 Å². The van der Waals surface area contributed by atoms with Crippen LogP contribution >= 0.6 is 0 Å². The molecule has 0 spiro atoms. The van der Waals surface area contributed by atoms with Crippen molar-refractivity contribution in [2.24, 2.45) is 0 Å². The molecule has 112 valence electrons. The minimum absolute atomic E-state index is 0.0789. The lowest BCUT2D eigenvalue weighted by atomic mass is 10.1. The molecule has 0 aliphatic carbocycles. The van der Waals surface area contributed by atoms with Crippen LogP contribution in [0, 0.1) is 0 Å². The number of hydrogen-bond donors (Lipinski definition) is 4. The zero-order valence-electron chi connectivity index (χ0n) is 11.6. The minimum atomic E-state index is -0.940. The summed E-state index contributed by atoms with van der Waals surface area (Å²) in [5.41, 5.74) is 7.86. The number of carbonyl (C=O) groups is 1. The molecule has 3 aromatic rings. The number of aromatic amines is 2. The Labute approximate surface area is 124 Å². The maximum absolute atomic E-state index is 11.7. The Morgan fingerprint density at radius 2 is 1.91 bits per heavy atom. The number of benzene rings is 1. The van der Waals surface area contributed by atoms with E-state index >= 15 is 0 Å². The number of nitrogens with two attached hydrogens (primary N) is 1. The van der Waals surface area contributed by atoms with Gasteiger partial charge in [0.2, 0.25) is 5.95 Å². The lowest BCUT2D eigenvalue weighted by Gasteiger charge is -2.01. The maximum atomic E-state index is 11.7. The van der Waals surface area contributed by atoms with E-state index in [9.17, 15) is 9.59 Å². The van der Waals surface area contributed by atoms with Crippen LogP contribution in [0.3, 0.4) is 0 Å². The van der Waals surface area contributed by atoms with Gasteiger partial charge in [0.15, 0.2) is 0 Å². The summed E-state index contributed by atoms with van der Waals surface area (Å²) < 4.78 is 0. The predicted octanol–water partition coefficient (Wildman–Crippen LogP) is 1.32. The molecule has 7 nitrogen and oxygen atoms in total. The minimum Gasteiger partial charge on any atom is -0.478 e. The smallest absolute Gasteiger partial charge is 0.335 e. The third-order valence-electron chi connectivity index (χ3n) is 3.46. The van der Waals surface area contributed by atoms with Gasteiger partial charge in [-0.25, -0.2) is 4.79 Å². The van der Waals surface area contributed by atoms with E-state index in [0.717, 1.165) is 17.7 Å². The van der Waals surface area contributed by atoms with Crippen molar-refractivity contribution in [1.82, 2.24) is 15.0 Å². The maximum Gasteiger partial charge on any atom is 0.335 e. The van der Waals surface area contributed by atoms with Gasteiger partial charge >= 0.3 is 5.97 Å². The highest BCUT2D eigenvalue weighted by Gasteiger charge is 2.07. The van der Waals surface area contributed by atoms with Gasteiger partial charge in [-0.2, -0.15) is 4.98 Å². The number of aromatic carboxylic acids is 1. The molecule has 0 saturated carbocycles. The van der Waals surface area contributed by atoms with Crippen LogP contribution in [-0.2, 0) is 12.8 Å². The van der Waals surface area contributed by atoms with Crippen molar-refractivity contribution in [3.63, 3.8) is 0 Å². The van der Waals surface area contributed by atoms with E-state index in [1.165, 1.54) is 0 Å². The van der Waals surface area contributed by atoms with Crippen LogP contribution in [0.5, 0.6) is 0 Å². The molecule has 0 saturated heterocycles. The van der Waals surface area contributed by atoms with E-state index in [-0.39, 0.29) is 17.1 Å². The summed E-state index contributed by atoms with van der Waals surface area (Å²) in [6.07, 6.45) is 1.40. The number of fused-ring (bicyclic) bond motifs is 1. The molecule has 3 rings (SSSR count). The van der Waals surface area contributed by atoms with Crippen LogP contribution in [0.25, 0.3) is 11.0 Å². The zero-order chi connectivity index (χ0) is 15.7. The molecule has 0 aliphatic heterocycles. The molecule has 0 atom stereocenters. The molecule has 1 aromatic carbocycles. The topological polar surface area (TPSA) is 125 Å². The van der Waals surface area contributed by atoms with Crippen LogP contribution < -0.4 is 11.3 Å². The second kappa shape index (κ2) is 5.36. The lowest BCUT2D eigenvalue weighted by molar-refractivity contribution is 0.0697. The molecule has 7 heteroatoms. The van der Waals surface area contributed by atoms with Crippen LogP contribution in [0.4, 0.5) is 5.95 Å². The Balaban J connectivity index is 1.77. The SMILES string of the molecule is Nc1nc2[nH]c(CCc3ccc(C(=O)O)cc3)cc2c(=O)[nH]1. The normalized spacial score (nSPS) is 10.9. The zero-order valence-corrected chi connectivity index (χ0v) is 11.6. The number of nitrogens with zero attached hydrogens (tertiary/aromatic N) is 1. The van der Waals surface area contributed by atoms with Crippen molar-refractivity contribution in [2.45, 2.75) is 12.8 Å². The summed E-state index contributed by atoms with van der Waals surface area (Å²) in [7, 11) is 0. The number of anilines is 1. The molecular formula is C15H14N4O3. The Bertz CT molecular complexity index is 893. The molecule has 0 amide bonds. The van der Waals surface area contributed by atoms with Gasteiger partial charge in [-0.05, 0) is 36.6 Å². The van der Waals surface area contributed by atoms with E-state index < -0.39 is 5.97 Å². The summed E-state index contributed by atoms with van der Waals surface area (Å²) in [6, 6.07) is 8.49. The Kier molecular flexibility index (Phi) is 3.38. The average Bonchev–Trinajstić information content (AvgIpc) is 2.89.